The summed E-state index contributed by atoms with van der Waals surface area (Å²) in [5.74, 6) is 5.14. The number of anilines is 2. The van der Waals surface area contributed by atoms with Crippen molar-refractivity contribution in [3.8, 4) is 0 Å². The normalized spacial score (nSPS) is 10.9. The molecule has 0 saturated heterocycles. The van der Waals surface area contributed by atoms with Crippen molar-refractivity contribution >= 4 is 23.0 Å². The van der Waals surface area contributed by atoms with Gasteiger partial charge in [0.2, 0.25) is 5.91 Å². The van der Waals surface area contributed by atoms with Gasteiger partial charge in [0.15, 0.2) is 0 Å². The van der Waals surface area contributed by atoms with E-state index in [9.17, 15) is 14.9 Å². The molecule has 0 aliphatic carbocycles. The van der Waals surface area contributed by atoms with Gasteiger partial charge in [-0.25, -0.2) is 0 Å². The Morgan fingerprint density at radius 2 is 1.95 bits per heavy atom. The number of hydrogen-bond acceptors (Lipinski definition) is 6. The fraction of sp³-hybridized carbons (Fsp3) is 0.462. The van der Waals surface area contributed by atoms with Crippen molar-refractivity contribution in [2.75, 3.05) is 17.3 Å². The van der Waals surface area contributed by atoms with Gasteiger partial charge in [-0.3, -0.25) is 20.8 Å². The lowest BCUT2D eigenvalue weighted by Crippen LogP contribution is -2.41. The number of benzene rings is 1. The molecule has 0 atom stereocenters. The highest BCUT2D eigenvalue weighted by Crippen LogP contribution is 2.31. The van der Waals surface area contributed by atoms with Crippen LogP contribution in [0.15, 0.2) is 18.2 Å². The molecule has 8 heteroatoms. The van der Waals surface area contributed by atoms with Gasteiger partial charge in [-0.1, -0.05) is 6.07 Å². The van der Waals surface area contributed by atoms with E-state index in [4.69, 9.17) is 5.84 Å². The summed E-state index contributed by atoms with van der Waals surface area (Å²) < 4.78 is 0. The Balaban J connectivity index is 2.68. The van der Waals surface area contributed by atoms with E-state index in [1.54, 1.807) is 12.1 Å². The standard InChI is InChI=1S/C13H21N5O3/c1-13(2,3)16-11(19)7-8-15-9-5-4-6-10(17-14)12(9)18(20)21/h4-6,15,17H,7-8,14H2,1-3H3,(H,16,19). The molecule has 8 nitrogen and oxygen atoms in total. The predicted molar refractivity (Wildman–Crippen MR) is 81.9 cm³/mol. The lowest BCUT2D eigenvalue weighted by Gasteiger charge is -2.20. The molecule has 1 aromatic carbocycles. The van der Waals surface area contributed by atoms with Crippen LogP contribution in [0.3, 0.4) is 0 Å². The number of nitrogens with zero attached hydrogens (tertiary/aromatic N) is 1. The first-order valence-corrected chi connectivity index (χ1v) is 6.53. The molecule has 0 heterocycles. The van der Waals surface area contributed by atoms with Crippen LogP contribution in [-0.2, 0) is 4.79 Å². The van der Waals surface area contributed by atoms with Crippen molar-refractivity contribution in [3.63, 3.8) is 0 Å². The largest absolute Gasteiger partial charge is 0.379 e. The van der Waals surface area contributed by atoms with Crippen LogP contribution in [0.1, 0.15) is 27.2 Å². The van der Waals surface area contributed by atoms with Crippen LogP contribution in [0, 0.1) is 10.1 Å². The van der Waals surface area contributed by atoms with Gasteiger partial charge in [0.1, 0.15) is 11.4 Å². The van der Waals surface area contributed by atoms with Gasteiger partial charge in [0, 0.05) is 18.5 Å². The van der Waals surface area contributed by atoms with Crippen LogP contribution < -0.4 is 21.9 Å². The topological polar surface area (TPSA) is 122 Å². The molecule has 0 fully saturated rings. The van der Waals surface area contributed by atoms with Gasteiger partial charge in [-0.15, -0.1) is 0 Å². The molecule has 0 aromatic heterocycles. The Bertz CT molecular complexity index is 525. The van der Waals surface area contributed by atoms with Crippen molar-refractivity contribution in [1.82, 2.24) is 5.32 Å². The second-order valence-electron chi connectivity index (χ2n) is 5.58. The number of hydrogen-bond donors (Lipinski definition) is 4. The minimum atomic E-state index is -0.521. The summed E-state index contributed by atoms with van der Waals surface area (Å²) in [4.78, 5) is 22.2. The fourth-order valence-electron chi connectivity index (χ4n) is 1.79. The highest BCUT2D eigenvalue weighted by molar-refractivity contribution is 5.78. The smallest absolute Gasteiger partial charge is 0.316 e. The first-order chi connectivity index (χ1) is 9.74. The number of amides is 1. The molecule has 1 aromatic rings. The van der Waals surface area contributed by atoms with E-state index in [1.807, 2.05) is 20.8 Å². The van der Waals surface area contributed by atoms with E-state index >= 15 is 0 Å². The summed E-state index contributed by atoms with van der Waals surface area (Å²) in [7, 11) is 0. The van der Waals surface area contributed by atoms with Crippen molar-refractivity contribution in [2.45, 2.75) is 32.7 Å². The number of para-hydroxylation sites is 1. The lowest BCUT2D eigenvalue weighted by molar-refractivity contribution is -0.383. The third-order valence-corrected chi connectivity index (χ3v) is 2.56. The summed E-state index contributed by atoms with van der Waals surface area (Å²) in [5, 5.41) is 16.8. The van der Waals surface area contributed by atoms with E-state index in [-0.39, 0.29) is 35.8 Å². The summed E-state index contributed by atoms with van der Waals surface area (Å²) in [6.45, 7) is 5.95. The first-order valence-electron chi connectivity index (χ1n) is 6.53. The molecule has 21 heavy (non-hydrogen) atoms. The van der Waals surface area contributed by atoms with Crippen molar-refractivity contribution in [1.29, 1.82) is 0 Å². The number of nitrogens with one attached hydrogen (secondary N) is 3. The first kappa shape index (κ1) is 16.7. The van der Waals surface area contributed by atoms with Crippen molar-refractivity contribution < 1.29 is 9.72 Å². The Labute approximate surface area is 123 Å². The van der Waals surface area contributed by atoms with Gasteiger partial charge >= 0.3 is 5.69 Å². The zero-order chi connectivity index (χ0) is 16.0. The number of carbonyl (C=O) groups excluding carboxylic acids is 1. The third-order valence-electron chi connectivity index (χ3n) is 2.56. The molecule has 0 aliphatic heterocycles. The average molecular weight is 295 g/mol. The van der Waals surface area contributed by atoms with Gasteiger partial charge in [0.05, 0.1) is 4.92 Å². The number of nitro groups is 1. The Morgan fingerprint density at radius 1 is 1.33 bits per heavy atom. The van der Waals surface area contributed by atoms with Crippen LogP contribution in [0.5, 0.6) is 0 Å². The molecule has 0 spiro atoms. The molecule has 0 aliphatic rings. The van der Waals surface area contributed by atoms with E-state index in [0.29, 0.717) is 5.69 Å². The molecular formula is C13H21N5O3. The number of carbonyl (C=O) groups is 1. The highest BCUT2D eigenvalue weighted by atomic mass is 16.6. The lowest BCUT2D eigenvalue weighted by atomic mass is 10.1. The van der Waals surface area contributed by atoms with Gasteiger partial charge < -0.3 is 16.1 Å². The van der Waals surface area contributed by atoms with Crippen LogP contribution in [-0.4, -0.2) is 22.9 Å². The quantitative estimate of drug-likeness (QED) is 0.359. The van der Waals surface area contributed by atoms with Crippen LogP contribution >= 0.6 is 0 Å². The number of hydrazine groups is 1. The number of nitro benzene ring substituents is 1. The Morgan fingerprint density at radius 3 is 2.48 bits per heavy atom. The monoisotopic (exact) mass is 295 g/mol. The third kappa shape index (κ3) is 5.27. The molecule has 0 unspecified atom stereocenters. The van der Waals surface area contributed by atoms with Crippen LogP contribution in [0.25, 0.3) is 0 Å². The Hall–Kier alpha value is -2.35. The predicted octanol–water partition coefficient (Wildman–Crippen LogP) is 1.60. The molecule has 1 rings (SSSR count). The summed E-state index contributed by atoms with van der Waals surface area (Å²) in [6, 6.07) is 4.72. The molecule has 0 radical (unpaired) electrons. The maximum Gasteiger partial charge on any atom is 0.316 e. The van der Waals surface area contributed by atoms with Crippen LogP contribution in [0.2, 0.25) is 0 Å². The molecule has 0 saturated carbocycles. The van der Waals surface area contributed by atoms with Crippen molar-refractivity contribution in [2.24, 2.45) is 5.84 Å². The van der Waals surface area contributed by atoms with Gasteiger partial charge in [-0.05, 0) is 32.9 Å². The van der Waals surface area contributed by atoms with E-state index < -0.39 is 4.92 Å². The minimum absolute atomic E-state index is 0.120. The summed E-state index contributed by atoms with van der Waals surface area (Å²) >= 11 is 0. The van der Waals surface area contributed by atoms with E-state index in [2.05, 4.69) is 16.1 Å². The van der Waals surface area contributed by atoms with Gasteiger partial charge in [-0.2, -0.15) is 0 Å². The van der Waals surface area contributed by atoms with Crippen LogP contribution in [0.4, 0.5) is 17.1 Å². The summed E-state index contributed by atoms with van der Waals surface area (Å²) in [6.07, 6.45) is 0.217. The summed E-state index contributed by atoms with van der Waals surface area (Å²) in [5.41, 5.74) is 2.38. The highest BCUT2D eigenvalue weighted by Gasteiger charge is 2.19. The maximum atomic E-state index is 11.7. The second kappa shape index (κ2) is 6.89. The molecule has 1 amide bonds. The molecule has 0 bridgehead atoms. The maximum absolute atomic E-state index is 11.7. The number of nitrogens with two attached hydrogens (primary N) is 1. The second-order valence-corrected chi connectivity index (χ2v) is 5.58. The molecular weight excluding hydrogens is 274 g/mol. The molecule has 116 valence electrons. The molecule has 5 N–H and O–H groups in total. The van der Waals surface area contributed by atoms with Gasteiger partial charge in [0.25, 0.3) is 0 Å². The SMILES string of the molecule is CC(C)(C)NC(=O)CCNc1cccc(NN)c1[N+](=O)[O-]. The van der Waals surface area contributed by atoms with E-state index in [1.165, 1.54) is 6.07 Å². The van der Waals surface area contributed by atoms with Crippen molar-refractivity contribution in [3.05, 3.63) is 28.3 Å². The zero-order valence-corrected chi connectivity index (χ0v) is 12.4. The number of rotatable bonds is 6. The average Bonchev–Trinajstić information content (AvgIpc) is 2.35. The zero-order valence-electron chi connectivity index (χ0n) is 12.4. The Kier molecular flexibility index (Phi) is 5.48. The fourth-order valence-corrected chi connectivity index (χ4v) is 1.79. The van der Waals surface area contributed by atoms with E-state index in [0.717, 1.165) is 0 Å². The minimum Gasteiger partial charge on any atom is -0.379 e. The number of nitrogen functional groups attached to an aromatic ring is 1.